The van der Waals surface area contributed by atoms with Crippen LogP contribution in [0.25, 0.3) is 6.08 Å². The van der Waals surface area contributed by atoms with Gasteiger partial charge in [0, 0.05) is 31.9 Å². The monoisotopic (exact) mass is 379 g/mol. The molecule has 0 bridgehead atoms. The summed E-state index contributed by atoms with van der Waals surface area (Å²) in [7, 11) is 0. The quantitative estimate of drug-likeness (QED) is 0.810. The second-order valence-electron chi connectivity index (χ2n) is 6.71. The predicted octanol–water partition coefficient (Wildman–Crippen LogP) is 3.49. The first-order chi connectivity index (χ1) is 13.1. The maximum absolute atomic E-state index is 12.3. The fraction of sp³-hybridized carbons (Fsp3) is 0.238. The summed E-state index contributed by atoms with van der Waals surface area (Å²) < 4.78 is 0. The topological polar surface area (TPSA) is 56.1 Å². The van der Waals surface area contributed by atoms with E-state index in [0.29, 0.717) is 4.91 Å². The number of hydrogen-bond donors (Lipinski definition) is 1. The molecule has 0 unspecified atom stereocenters. The van der Waals surface area contributed by atoms with E-state index in [2.05, 4.69) is 46.0 Å². The molecule has 0 atom stereocenters. The van der Waals surface area contributed by atoms with Crippen LogP contribution in [0.5, 0.6) is 5.75 Å². The van der Waals surface area contributed by atoms with Gasteiger partial charge in [0.2, 0.25) is 0 Å². The van der Waals surface area contributed by atoms with E-state index >= 15 is 0 Å². The maximum atomic E-state index is 12.3. The summed E-state index contributed by atoms with van der Waals surface area (Å²) in [6.45, 7) is 5.62. The lowest BCUT2D eigenvalue weighted by Crippen LogP contribution is -2.47. The maximum Gasteiger partial charge on any atom is 0.286 e. The average molecular weight is 379 g/mol. The highest BCUT2D eigenvalue weighted by Gasteiger charge is 2.28. The Balaban J connectivity index is 1.40. The van der Waals surface area contributed by atoms with Crippen LogP contribution in [0.3, 0.4) is 0 Å². The molecule has 0 radical (unpaired) electrons. The summed E-state index contributed by atoms with van der Waals surface area (Å²) in [5.41, 5.74) is 3.39. The van der Waals surface area contributed by atoms with Crippen molar-refractivity contribution in [2.24, 2.45) is 4.99 Å². The molecule has 0 aliphatic carbocycles. The van der Waals surface area contributed by atoms with Crippen molar-refractivity contribution in [3.05, 3.63) is 64.6 Å². The minimum absolute atomic E-state index is 0.191. The minimum Gasteiger partial charge on any atom is -0.508 e. The van der Waals surface area contributed by atoms with E-state index in [1.807, 2.05) is 6.08 Å². The molecule has 1 saturated heterocycles. The summed E-state index contributed by atoms with van der Waals surface area (Å²) in [6, 6.07) is 15.4. The molecule has 2 aliphatic rings. The lowest BCUT2D eigenvalue weighted by molar-refractivity contribution is -0.113. The van der Waals surface area contributed by atoms with E-state index in [1.165, 1.54) is 23.0 Å². The second-order valence-corrected chi connectivity index (χ2v) is 7.72. The molecule has 1 fully saturated rings. The first kappa shape index (κ1) is 17.7. The number of benzene rings is 2. The number of phenols is 1. The van der Waals surface area contributed by atoms with Crippen LogP contribution in [0.15, 0.2) is 58.4 Å². The van der Waals surface area contributed by atoms with Crippen molar-refractivity contribution in [3.63, 3.8) is 0 Å². The van der Waals surface area contributed by atoms with Crippen LogP contribution in [0.1, 0.15) is 11.1 Å². The van der Waals surface area contributed by atoms with Gasteiger partial charge in [-0.2, -0.15) is 4.99 Å². The van der Waals surface area contributed by atoms with Crippen LogP contribution >= 0.6 is 11.8 Å². The van der Waals surface area contributed by atoms with Crippen molar-refractivity contribution >= 4 is 34.6 Å². The fourth-order valence-electron chi connectivity index (χ4n) is 3.24. The molecule has 1 amide bonds. The number of rotatable bonds is 2. The van der Waals surface area contributed by atoms with Crippen molar-refractivity contribution in [3.8, 4) is 5.75 Å². The highest BCUT2D eigenvalue weighted by atomic mass is 32.2. The molecule has 27 heavy (non-hydrogen) atoms. The Hall–Kier alpha value is -2.73. The zero-order valence-electron chi connectivity index (χ0n) is 15.1. The number of carbonyl (C=O) groups excluding carboxylic acids is 1. The molecule has 2 aromatic rings. The van der Waals surface area contributed by atoms with Gasteiger partial charge in [-0.05, 0) is 60.2 Å². The third-order valence-corrected chi connectivity index (χ3v) is 5.76. The Morgan fingerprint density at radius 3 is 2.44 bits per heavy atom. The third-order valence-electron chi connectivity index (χ3n) is 4.72. The number of amides is 1. The molecule has 2 aromatic carbocycles. The molecule has 138 valence electrons. The number of nitrogens with zero attached hydrogens (tertiary/aromatic N) is 3. The van der Waals surface area contributed by atoms with Crippen LogP contribution < -0.4 is 4.90 Å². The Bertz CT molecular complexity index is 913. The minimum atomic E-state index is -0.191. The molecule has 4 rings (SSSR count). The van der Waals surface area contributed by atoms with Gasteiger partial charge in [-0.3, -0.25) is 4.79 Å². The van der Waals surface area contributed by atoms with E-state index in [9.17, 15) is 9.90 Å². The Morgan fingerprint density at radius 1 is 1.04 bits per heavy atom. The second kappa shape index (κ2) is 7.48. The molecular formula is C21H21N3O2S. The standard InChI is InChI=1S/C21H21N3O2S/c1-15-3-2-4-17(13-15)23-9-11-24(12-10-23)21-22-20(26)19(27-21)14-16-5-7-18(25)8-6-16/h2-8,13-14,25H,9-12H2,1H3/b19-14+. The predicted molar refractivity (Wildman–Crippen MR) is 111 cm³/mol. The van der Waals surface area contributed by atoms with Crippen molar-refractivity contribution < 1.29 is 9.90 Å². The van der Waals surface area contributed by atoms with Crippen molar-refractivity contribution in [2.75, 3.05) is 31.1 Å². The molecule has 2 heterocycles. The number of aromatic hydroxyl groups is 1. The summed E-state index contributed by atoms with van der Waals surface area (Å²) >= 11 is 1.43. The number of piperazine rings is 1. The molecule has 6 heteroatoms. The van der Waals surface area contributed by atoms with Crippen LogP contribution in [0, 0.1) is 6.92 Å². The Kier molecular flexibility index (Phi) is 4.90. The molecule has 0 saturated carbocycles. The lowest BCUT2D eigenvalue weighted by atomic mass is 10.2. The van der Waals surface area contributed by atoms with Crippen LogP contribution in [-0.2, 0) is 4.79 Å². The summed E-state index contributed by atoms with van der Waals surface area (Å²) in [6.07, 6.45) is 1.83. The van der Waals surface area contributed by atoms with Gasteiger partial charge in [0.05, 0.1) is 4.91 Å². The van der Waals surface area contributed by atoms with E-state index in [1.54, 1.807) is 24.3 Å². The fourth-order valence-corrected chi connectivity index (χ4v) is 4.20. The van der Waals surface area contributed by atoms with Crippen LogP contribution in [0.4, 0.5) is 5.69 Å². The van der Waals surface area contributed by atoms with E-state index in [0.717, 1.165) is 36.9 Å². The largest absolute Gasteiger partial charge is 0.508 e. The summed E-state index contributed by atoms with van der Waals surface area (Å²) in [4.78, 5) is 21.7. The molecule has 0 spiro atoms. The number of aliphatic imine (C=N–C) groups is 1. The number of phenolic OH excluding ortho intramolecular Hbond substituents is 1. The van der Waals surface area contributed by atoms with Gasteiger partial charge in [0.15, 0.2) is 5.17 Å². The van der Waals surface area contributed by atoms with Gasteiger partial charge in [0.25, 0.3) is 5.91 Å². The van der Waals surface area contributed by atoms with Crippen molar-refractivity contribution in [1.82, 2.24) is 4.90 Å². The summed E-state index contributed by atoms with van der Waals surface area (Å²) in [5.74, 6) is 0.0233. The van der Waals surface area contributed by atoms with E-state index < -0.39 is 0 Å². The van der Waals surface area contributed by atoms with Crippen molar-refractivity contribution in [1.29, 1.82) is 0 Å². The van der Waals surface area contributed by atoms with Gasteiger partial charge < -0.3 is 14.9 Å². The zero-order valence-corrected chi connectivity index (χ0v) is 15.9. The van der Waals surface area contributed by atoms with Crippen LogP contribution in [-0.4, -0.2) is 47.3 Å². The number of thioether (sulfide) groups is 1. The number of aryl methyl sites for hydroxylation is 1. The number of anilines is 1. The first-order valence-corrected chi connectivity index (χ1v) is 9.78. The highest BCUT2D eigenvalue weighted by Crippen LogP contribution is 2.31. The SMILES string of the molecule is Cc1cccc(N2CCN(C3=NC(=O)/C(=C\c4ccc(O)cc4)S3)CC2)c1. The number of amidine groups is 1. The average Bonchev–Trinajstić information content (AvgIpc) is 3.04. The van der Waals surface area contributed by atoms with Crippen molar-refractivity contribution in [2.45, 2.75) is 6.92 Å². The first-order valence-electron chi connectivity index (χ1n) is 8.97. The van der Waals surface area contributed by atoms with Gasteiger partial charge in [-0.15, -0.1) is 0 Å². The molecule has 1 N–H and O–H groups in total. The Labute approximate surface area is 163 Å². The number of carbonyl (C=O) groups is 1. The highest BCUT2D eigenvalue weighted by molar-refractivity contribution is 8.18. The van der Waals surface area contributed by atoms with Crippen LogP contribution in [0.2, 0.25) is 0 Å². The van der Waals surface area contributed by atoms with Gasteiger partial charge in [-0.1, -0.05) is 24.3 Å². The molecule has 2 aliphatic heterocycles. The van der Waals surface area contributed by atoms with E-state index in [-0.39, 0.29) is 11.7 Å². The van der Waals surface area contributed by atoms with Gasteiger partial charge in [0.1, 0.15) is 5.75 Å². The molecule has 0 aromatic heterocycles. The summed E-state index contributed by atoms with van der Waals surface area (Å²) in [5, 5.41) is 10.2. The smallest absolute Gasteiger partial charge is 0.286 e. The molecular weight excluding hydrogens is 358 g/mol. The normalized spacial score (nSPS) is 18.9. The zero-order chi connectivity index (χ0) is 18.8. The van der Waals surface area contributed by atoms with Gasteiger partial charge >= 0.3 is 0 Å². The van der Waals surface area contributed by atoms with Gasteiger partial charge in [-0.25, -0.2) is 0 Å². The third kappa shape index (κ3) is 4.01. The Morgan fingerprint density at radius 2 is 1.74 bits per heavy atom. The van der Waals surface area contributed by atoms with E-state index in [4.69, 9.17) is 0 Å². The number of hydrogen-bond acceptors (Lipinski definition) is 5. The molecule has 5 nitrogen and oxygen atoms in total. The lowest BCUT2D eigenvalue weighted by Gasteiger charge is -2.36.